The molecule has 1 unspecified atom stereocenters. The number of carbonyl (C=O) groups excluding carboxylic acids is 1. The van der Waals surface area contributed by atoms with Gasteiger partial charge in [0.1, 0.15) is 0 Å². The van der Waals surface area contributed by atoms with E-state index in [4.69, 9.17) is 5.73 Å². The van der Waals surface area contributed by atoms with Crippen LogP contribution in [-0.4, -0.2) is 18.5 Å². The minimum Gasteiger partial charge on any atom is -0.355 e. The summed E-state index contributed by atoms with van der Waals surface area (Å²) < 4.78 is 0. The number of carbonyl (C=O) groups is 1. The number of nitrogens with two attached hydrogens (primary N) is 1. The summed E-state index contributed by atoms with van der Waals surface area (Å²) in [6, 6.07) is -0.345. The lowest BCUT2D eigenvalue weighted by molar-refractivity contribution is -0.122. The summed E-state index contributed by atoms with van der Waals surface area (Å²) in [4.78, 5) is 11.4. The second-order valence-electron chi connectivity index (χ2n) is 4.71. The minimum absolute atomic E-state index is 0.0145. The molecule has 84 valence electrons. The molecule has 3 N–H and O–H groups in total. The molecule has 3 heteroatoms. The van der Waals surface area contributed by atoms with Gasteiger partial charge in [0.2, 0.25) is 5.91 Å². The smallest absolute Gasteiger partial charge is 0.236 e. The maximum atomic E-state index is 11.4. The van der Waals surface area contributed by atoms with Gasteiger partial charge in [-0.25, -0.2) is 0 Å². The van der Waals surface area contributed by atoms with E-state index >= 15 is 0 Å². The van der Waals surface area contributed by atoms with Gasteiger partial charge in [-0.3, -0.25) is 4.79 Å². The number of rotatable bonds is 6. The third kappa shape index (κ3) is 6.89. The maximum Gasteiger partial charge on any atom is 0.236 e. The molecule has 0 saturated carbocycles. The molecule has 0 aromatic rings. The highest BCUT2D eigenvalue weighted by molar-refractivity contribution is 5.81. The molecule has 0 heterocycles. The molecule has 0 rings (SSSR count). The maximum absolute atomic E-state index is 11.4. The summed E-state index contributed by atoms with van der Waals surface area (Å²) in [6.45, 7) is 9.16. The number of amides is 1. The quantitative estimate of drug-likeness (QED) is 0.683. The Balaban J connectivity index is 3.62. The van der Waals surface area contributed by atoms with Crippen LogP contribution in [0.4, 0.5) is 0 Å². The van der Waals surface area contributed by atoms with Crippen LogP contribution in [0.5, 0.6) is 0 Å². The molecule has 0 aliphatic heterocycles. The summed E-state index contributed by atoms with van der Waals surface area (Å²) in [5, 5.41) is 2.86. The van der Waals surface area contributed by atoms with Gasteiger partial charge in [-0.2, -0.15) is 0 Å². The van der Waals surface area contributed by atoms with Crippen molar-refractivity contribution < 1.29 is 4.79 Å². The lowest BCUT2D eigenvalue weighted by atomic mass is 10.0. The predicted molar refractivity (Wildman–Crippen MR) is 59.9 cm³/mol. The molecule has 0 saturated heterocycles. The summed E-state index contributed by atoms with van der Waals surface area (Å²) in [5.41, 5.74) is 5.72. The van der Waals surface area contributed by atoms with Crippen molar-refractivity contribution in [3.05, 3.63) is 0 Å². The highest BCUT2D eigenvalue weighted by Crippen LogP contribution is 2.02. The molecule has 14 heavy (non-hydrogen) atoms. The van der Waals surface area contributed by atoms with E-state index in [9.17, 15) is 4.79 Å². The predicted octanol–water partition coefficient (Wildman–Crippen LogP) is 1.52. The molecule has 1 amide bonds. The molecule has 1 atom stereocenters. The van der Waals surface area contributed by atoms with E-state index < -0.39 is 0 Å². The average molecular weight is 200 g/mol. The molecule has 0 radical (unpaired) electrons. The van der Waals surface area contributed by atoms with E-state index in [1.165, 1.54) is 0 Å². The van der Waals surface area contributed by atoms with Crippen LogP contribution >= 0.6 is 0 Å². The van der Waals surface area contributed by atoms with E-state index in [2.05, 4.69) is 33.0 Å². The fraction of sp³-hybridized carbons (Fsp3) is 0.909. The van der Waals surface area contributed by atoms with Gasteiger partial charge in [0.25, 0.3) is 0 Å². The molecule has 0 aromatic carbocycles. The van der Waals surface area contributed by atoms with Crippen LogP contribution in [-0.2, 0) is 4.79 Å². The zero-order valence-corrected chi connectivity index (χ0v) is 9.84. The van der Waals surface area contributed by atoms with Crippen molar-refractivity contribution >= 4 is 5.91 Å². The highest BCUT2D eigenvalue weighted by atomic mass is 16.2. The first-order valence-corrected chi connectivity index (χ1v) is 5.46. The first-order valence-electron chi connectivity index (χ1n) is 5.46. The van der Waals surface area contributed by atoms with Crippen molar-refractivity contribution in [2.45, 2.75) is 46.6 Å². The third-order valence-corrected chi connectivity index (χ3v) is 2.08. The van der Waals surface area contributed by atoms with E-state index in [-0.39, 0.29) is 11.9 Å². The Morgan fingerprint density at radius 3 is 2.21 bits per heavy atom. The van der Waals surface area contributed by atoms with Crippen molar-refractivity contribution in [3.8, 4) is 0 Å². The molecular weight excluding hydrogens is 176 g/mol. The zero-order chi connectivity index (χ0) is 11.1. The van der Waals surface area contributed by atoms with Gasteiger partial charge in [-0.05, 0) is 24.7 Å². The molecule has 0 fully saturated rings. The second-order valence-corrected chi connectivity index (χ2v) is 4.71. The standard InChI is InChI=1S/C11H24N2O/c1-8(2)5-6-13-11(14)10(12)7-9(3)4/h8-10H,5-7,12H2,1-4H3,(H,13,14). The first kappa shape index (κ1) is 13.4. The summed E-state index contributed by atoms with van der Waals surface area (Å²) in [7, 11) is 0. The number of hydrogen-bond acceptors (Lipinski definition) is 2. The van der Waals surface area contributed by atoms with E-state index in [0.29, 0.717) is 11.8 Å². The Labute approximate surface area is 87.4 Å². The number of nitrogens with one attached hydrogen (secondary N) is 1. The minimum atomic E-state index is -0.345. The normalized spacial score (nSPS) is 13.4. The van der Waals surface area contributed by atoms with Crippen LogP contribution in [0.1, 0.15) is 40.5 Å². The lowest BCUT2D eigenvalue weighted by Gasteiger charge is -2.14. The monoisotopic (exact) mass is 200 g/mol. The lowest BCUT2D eigenvalue weighted by Crippen LogP contribution is -2.41. The Kier molecular flexibility index (Phi) is 6.54. The second kappa shape index (κ2) is 6.82. The SMILES string of the molecule is CC(C)CCNC(=O)C(N)CC(C)C. The van der Waals surface area contributed by atoms with Crippen LogP contribution in [0.25, 0.3) is 0 Å². The van der Waals surface area contributed by atoms with Crippen molar-refractivity contribution in [2.75, 3.05) is 6.54 Å². The van der Waals surface area contributed by atoms with Crippen molar-refractivity contribution in [2.24, 2.45) is 17.6 Å². The van der Waals surface area contributed by atoms with Gasteiger partial charge < -0.3 is 11.1 Å². The van der Waals surface area contributed by atoms with Crippen LogP contribution in [0.15, 0.2) is 0 Å². The Morgan fingerprint density at radius 1 is 1.21 bits per heavy atom. The fourth-order valence-corrected chi connectivity index (χ4v) is 1.23. The van der Waals surface area contributed by atoms with Crippen LogP contribution < -0.4 is 11.1 Å². The van der Waals surface area contributed by atoms with Crippen molar-refractivity contribution in [3.63, 3.8) is 0 Å². The van der Waals surface area contributed by atoms with Gasteiger partial charge in [-0.15, -0.1) is 0 Å². The molecule has 0 aliphatic carbocycles. The van der Waals surface area contributed by atoms with Crippen molar-refractivity contribution in [1.29, 1.82) is 0 Å². The summed E-state index contributed by atoms with van der Waals surface area (Å²) >= 11 is 0. The van der Waals surface area contributed by atoms with E-state index in [1.54, 1.807) is 0 Å². The number of hydrogen-bond donors (Lipinski definition) is 2. The highest BCUT2D eigenvalue weighted by Gasteiger charge is 2.13. The van der Waals surface area contributed by atoms with Gasteiger partial charge in [0, 0.05) is 6.54 Å². The molecule has 3 nitrogen and oxygen atoms in total. The Bertz CT molecular complexity index is 167. The molecular formula is C11H24N2O. The fourth-order valence-electron chi connectivity index (χ4n) is 1.23. The Morgan fingerprint density at radius 2 is 1.79 bits per heavy atom. The van der Waals surface area contributed by atoms with Gasteiger partial charge in [-0.1, -0.05) is 27.7 Å². The molecule has 0 spiro atoms. The van der Waals surface area contributed by atoms with Crippen LogP contribution in [0, 0.1) is 11.8 Å². The van der Waals surface area contributed by atoms with E-state index in [0.717, 1.165) is 19.4 Å². The van der Waals surface area contributed by atoms with Crippen LogP contribution in [0.3, 0.4) is 0 Å². The topological polar surface area (TPSA) is 55.1 Å². The Hall–Kier alpha value is -0.570. The largest absolute Gasteiger partial charge is 0.355 e. The molecule has 0 bridgehead atoms. The average Bonchev–Trinajstić information content (AvgIpc) is 2.01. The van der Waals surface area contributed by atoms with E-state index in [1.807, 2.05) is 0 Å². The zero-order valence-electron chi connectivity index (χ0n) is 9.84. The summed E-state index contributed by atoms with van der Waals surface area (Å²) in [6.07, 6.45) is 1.77. The van der Waals surface area contributed by atoms with Gasteiger partial charge in [0.05, 0.1) is 6.04 Å². The van der Waals surface area contributed by atoms with Crippen LogP contribution in [0.2, 0.25) is 0 Å². The van der Waals surface area contributed by atoms with Crippen molar-refractivity contribution in [1.82, 2.24) is 5.32 Å². The third-order valence-electron chi connectivity index (χ3n) is 2.08. The summed E-state index contributed by atoms with van der Waals surface area (Å²) in [5.74, 6) is 1.08. The molecule has 0 aliphatic rings. The molecule has 0 aromatic heterocycles. The first-order chi connectivity index (χ1) is 6.43. The van der Waals surface area contributed by atoms with Gasteiger partial charge in [0.15, 0.2) is 0 Å². The van der Waals surface area contributed by atoms with Gasteiger partial charge >= 0.3 is 0 Å².